The zero-order valence-electron chi connectivity index (χ0n) is 45.4. The highest BCUT2D eigenvalue weighted by Crippen LogP contribution is 2.64. The minimum absolute atomic E-state index is 0.0413. The van der Waals surface area contributed by atoms with Crippen molar-refractivity contribution in [1.82, 2.24) is 39.4 Å². The molecule has 410 valence electrons. The molecular formula is C63H70N8O8. The van der Waals surface area contributed by atoms with Crippen LogP contribution in [0.25, 0.3) is 32.6 Å². The Balaban J connectivity index is 0.000000152. The van der Waals surface area contributed by atoms with Crippen LogP contribution in [0.15, 0.2) is 120 Å². The van der Waals surface area contributed by atoms with Crippen LogP contribution in [-0.2, 0) is 0 Å². The lowest BCUT2D eigenvalue weighted by Crippen LogP contribution is -2.55. The maximum atomic E-state index is 13.6. The van der Waals surface area contributed by atoms with Crippen molar-refractivity contribution in [2.75, 3.05) is 13.2 Å². The highest BCUT2D eigenvalue weighted by molar-refractivity contribution is 6.01. The number of nitrogens with zero attached hydrogens (tertiary/aromatic N) is 5. The minimum atomic E-state index is -0.933. The standard InChI is InChI=1S/C35H40N4O4.C28H30N4O4/c1-34(2,42)20-43-25-11-12-30-28(17-36-39(30)18-25)32(40)37-24-15-35(16-24)13-23(14-35)29-19-38(31(21-7-8-21)22-9-10-22)33(41)27-6-4-3-5-26(27)29;1-27(2,35)16-36-19-7-8-24-23(14-30-32(24)15-19)26(34)31-18-11-28(12-18)9-17(10-28)22-13-29-25(33)21-6-4-3-5-20(21)22/h3-6,11-12,17-19,21-24,31,42H,7-10,13-16,20H2,1-2H3,(H,37,40);3-8,13-15,17-18,35H,9-12,16H2,1-2H3,(H,29,33)(H,31,34). The van der Waals surface area contributed by atoms with Crippen molar-refractivity contribution < 1.29 is 29.3 Å². The van der Waals surface area contributed by atoms with Gasteiger partial charge in [0.25, 0.3) is 22.9 Å². The highest BCUT2D eigenvalue weighted by Gasteiger charge is 2.55. The highest BCUT2D eigenvalue weighted by atomic mass is 16.5. The normalized spacial score (nSPS) is 24.4. The minimum Gasteiger partial charge on any atom is -0.489 e. The van der Waals surface area contributed by atoms with Crippen LogP contribution in [0.4, 0.5) is 0 Å². The first kappa shape index (κ1) is 51.2. The number of benzene rings is 2. The zero-order chi connectivity index (χ0) is 54.6. The summed E-state index contributed by atoms with van der Waals surface area (Å²) in [6, 6.07) is 23.9. The number of nitrogens with one attached hydrogen (secondary N) is 3. The summed E-state index contributed by atoms with van der Waals surface area (Å²) >= 11 is 0. The van der Waals surface area contributed by atoms with Crippen LogP contribution in [-0.4, -0.2) is 87.3 Å². The number of hydrogen-bond donors (Lipinski definition) is 5. The van der Waals surface area contributed by atoms with E-state index in [0.29, 0.717) is 57.9 Å². The molecule has 6 aliphatic rings. The summed E-state index contributed by atoms with van der Waals surface area (Å²) in [6.45, 7) is 7.08. The van der Waals surface area contributed by atoms with E-state index >= 15 is 0 Å². The molecule has 6 heterocycles. The number of carbonyl (C=O) groups excluding carboxylic acids is 2. The van der Waals surface area contributed by atoms with Crippen LogP contribution >= 0.6 is 0 Å². The fraction of sp³-hybridized carbons (Fsp3) is 0.460. The van der Waals surface area contributed by atoms with Gasteiger partial charge in [-0.1, -0.05) is 36.4 Å². The molecule has 0 bridgehead atoms. The van der Waals surface area contributed by atoms with Crippen molar-refractivity contribution in [1.29, 1.82) is 0 Å². The van der Waals surface area contributed by atoms with Crippen LogP contribution in [0.1, 0.15) is 154 Å². The van der Waals surface area contributed by atoms with Gasteiger partial charge in [-0.2, -0.15) is 10.2 Å². The molecule has 0 radical (unpaired) electrons. The molecule has 2 aromatic carbocycles. The van der Waals surface area contributed by atoms with Crippen LogP contribution in [0, 0.1) is 22.7 Å². The van der Waals surface area contributed by atoms with E-state index in [9.17, 15) is 29.4 Å². The summed E-state index contributed by atoms with van der Waals surface area (Å²) in [7, 11) is 0. The van der Waals surface area contributed by atoms with Gasteiger partial charge in [-0.15, -0.1) is 0 Å². The van der Waals surface area contributed by atoms with E-state index in [-0.39, 0.29) is 59.1 Å². The molecule has 16 heteroatoms. The lowest BCUT2D eigenvalue weighted by atomic mass is 9.49. The number of H-pyrrole nitrogens is 1. The molecule has 16 nitrogen and oxygen atoms in total. The van der Waals surface area contributed by atoms with Crippen molar-refractivity contribution in [2.45, 2.75) is 146 Å². The van der Waals surface area contributed by atoms with Gasteiger partial charge in [0.2, 0.25) is 0 Å². The maximum absolute atomic E-state index is 13.6. The second kappa shape index (κ2) is 19.2. The Kier molecular flexibility index (Phi) is 12.4. The number of aromatic amines is 1. The number of pyridine rings is 4. The van der Waals surface area contributed by atoms with Gasteiger partial charge in [0.05, 0.1) is 58.1 Å². The van der Waals surface area contributed by atoms with E-state index < -0.39 is 11.2 Å². The van der Waals surface area contributed by atoms with Crippen molar-refractivity contribution in [3.63, 3.8) is 0 Å². The fourth-order valence-corrected chi connectivity index (χ4v) is 13.9. The molecular weight excluding hydrogens is 997 g/mol. The fourth-order valence-electron chi connectivity index (χ4n) is 13.9. The molecule has 6 aromatic heterocycles. The Labute approximate surface area is 457 Å². The van der Waals surface area contributed by atoms with Gasteiger partial charge < -0.3 is 39.9 Å². The molecule has 14 rings (SSSR count). The molecule has 79 heavy (non-hydrogen) atoms. The lowest BCUT2D eigenvalue weighted by molar-refractivity contribution is -0.0187. The van der Waals surface area contributed by atoms with Crippen molar-refractivity contribution in [3.05, 3.63) is 153 Å². The SMILES string of the molecule is CC(C)(O)COc1ccc2c(C(=O)NC3CC4(C3)CC(c3c[nH]c(=O)c5ccccc35)C4)cnn2c1.CC(C)(O)COc1ccc2c(C(=O)NC3CC4(C3)CC(c3cn(C(C5CC5)C5CC5)c(=O)c5ccccc35)C4)cnn2c1. The monoisotopic (exact) mass is 1070 g/mol. The van der Waals surface area contributed by atoms with Gasteiger partial charge in [0.15, 0.2) is 0 Å². The molecule has 0 aliphatic heterocycles. The Morgan fingerprint density at radius 1 is 0.620 bits per heavy atom. The summed E-state index contributed by atoms with van der Waals surface area (Å²) in [5.41, 5.74) is 3.95. The van der Waals surface area contributed by atoms with Gasteiger partial charge in [0.1, 0.15) is 24.7 Å². The van der Waals surface area contributed by atoms with Crippen molar-refractivity contribution in [3.8, 4) is 11.5 Å². The third-order valence-corrected chi connectivity index (χ3v) is 18.0. The Morgan fingerprint density at radius 2 is 1.06 bits per heavy atom. The lowest BCUT2D eigenvalue weighted by Gasteiger charge is -2.58. The van der Waals surface area contributed by atoms with Gasteiger partial charge >= 0.3 is 0 Å². The number of hydrogen-bond acceptors (Lipinski definition) is 10. The van der Waals surface area contributed by atoms with E-state index in [1.54, 1.807) is 73.6 Å². The second-order valence-electron chi connectivity index (χ2n) is 25.7. The van der Waals surface area contributed by atoms with Crippen LogP contribution in [0.5, 0.6) is 11.5 Å². The van der Waals surface area contributed by atoms with E-state index in [0.717, 1.165) is 78.4 Å². The molecule has 0 unspecified atom stereocenters. The zero-order valence-corrected chi connectivity index (χ0v) is 45.4. The summed E-state index contributed by atoms with van der Waals surface area (Å²) in [6.07, 6.45) is 24.1. The molecule has 2 amide bonds. The first-order valence-electron chi connectivity index (χ1n) is 28.4. The average molecular weight is 1070 g/mol. The predicted octanol–water partition coefficient (Wildman–Crippen LogP) is 9.40. The first-order valence-corrected chi connectivity index (χ1v) is 28.4. The van der Waals surface area contributed by atoms with Crippen LogP contribution in [0.2, 0.25) is 0 Å². The number of ether oxygens (including phenoxy) is 2. The summed E-state index contributed by atoms with van der Waals surface area (Å²) in [5, 5.41) is 38.7. The summed E-state index contributed by atoms with van der Waals surface area (Å²) < 4.78 is 16.7. The summed E-state index contributed by atoms with van der Waals surface area (Å²) in [5.74, 6) is 3.20. The maximum Gasteiger partial charge on any atom is 0.258 e. The van der Waals surface area contributed by atoms with Crippen molar-refractivity contribution in [2.24, 2.45) is 22.7 Å². The summed E-state index contributed by atoms with van der Waals surface area (Å²) in [4.78, 5) is 54.9. The topological polar surface area (TPSA) is 207 Å². The molecule has 6 aliphatic carbocycles. The molecule has 5 N–H and O–H groups in total. The van der Waals surface area contributed by atoms with Crippen LogP contribution < -0.4 is 31.2 Å². The average Bonchev–Trinajstić information content (AvgIpc) is 4.44. The van der Waals surface area contributed by atoms with Gasteiger partial charge in [-0.25, -0.2) is 9.03 Å². The van der Waals surface area contributed by atoms with Crippen LogP contribution in [0.3, 0.4) is 0 Å². The van der Waals surface area contributed by atoms with E-state index in [1.807, 2.05) is 54.7 Å². The van der Waals surface area contributed by atoms with Gasteiger partial charge in [0, 0.05) is 41.3 Å². The molecule has 8 aromatic rings. The number of carbonyl (C=O) groups is 2. The molecule has 2 spiro atoms. The molecule has 6 fully saturated rings. The number of amides is 2. The number of aliphatic hydroxyl groups is 2. The predicted molar refractivity (Wildman–Crippen MR) is 301 cm³/mol. The number of fused-ring (bicyclic) bond motifs is 4. The Morgan fingerprint density at radius 3 is 1.53 bits per heavy atom. The van der Waals surface area contributed by atoms with E-state index in [4.69, 9.17) is 9.47 Å². The second-order valence-corrected chi connectivity index (χ2v) is 25.7. The smallest absolute Gasteiger partial charge is 0.258 e. The van der Waals surface area contributed by atoms with Gasteiger partial charge in [-0.3, -0.25) is 19.2 Å². The Bertz CT molecular complexity index is 3770. The third-order valence-electron chi connectivity index (χ3n) is 18.0. The quantitative estimate of drug-likeness (QED) is 0.0658. The number of aromatic nitrogens is 6. The third kappa shape index (κ3) is 10.1. The largest absolute Gasteiger partial charge is 0.489 e. The van der Waals surface area contributed by atoms with E-state index in [1.165, 1.54) is 36.8 Å². The van der Waals surface area contributed by atoms with Crippen molar-refractivity contribution >= 4 is 44.4 Å². The molecule has 0 saturated heterocycles. The number of rotatable bonds is 15. The Hall–Kier alpha value is -7.30. The first-order chi connectivity index (χ1) is 37.9. The molecule has 6 saturated carbocycles. The molecule has 0 atom stereocenters. The van der Waals surface area contributed by atoms with Gasteiger partial charge in [-0.05, 0) is 198 Å². The van der Waals surface area contributed by atoms with E-state index in [2.05, 4.69) is 48.7 Å².